The third-order valence-corrected chi connectivity index (χ3v) is 9.41. The molecule has 0 fully saturated rings. The first kappa shape index (κ1) is 25.9. The second-order valence-corrected chi connectivity index (χ2v) is 12.1. The summed E-state index contributed by atoms with van der Waals surface area (Å²) in [6.45, 7) is 0. The van der Waals surface area contributed by atoms with Crippen molar-refractivity contribution in [3.63, 3.8) is 0 Å². The number of fused-ring (bicyclic) bond motifs is 8. The zero-order valence-electron chi connectivity index (χ0n) is 25.5. The van der Waals surface area contributed by atoms with E-state index in [0.717, 1.165) is 39.2 Å². The number of hydrogen-bond donors (Lipinski definition) is 0. The molecule has 0 amide bonds. The number of nitrogens with zero attached hydrogens (tertiary/aromatic N) is 4. The highest BCUT2D eigenvalue weighted by Crippen LogP contribution is 2.37. The molecule has 10 aromatic rings. The van der Waals surface area contributed by atoms with E-state index in [1.165, 1.54) is 44.1 Å². The highest BCUT2D eigenvalue weighted by Gasteiger charge is 2.20. The van der Waals surface area contributed by atoms with Crippen molar-refractivity contribution in [3.8, 4) is 33.6 Å². The summed E-state index contributed by atoms with van der Waals surface area (Å²) < 4.78 is 7.03. The zero-order valence-corrected chi connectivity index (χ0v) is 25.5. The summed E-state index contributed by atoms with van der Waals surface area (Å²) >= 11 is 0. The molecular formula is C43H28N4. The van der Waals surface area contributed by atoms with Crippen LogP contribution in [0.3, 0.4) is 0 Å². The maximum atomic E-state index is 5.24. The van der Waals surface area contributed by atoms with E-state index in [-0.39, 0.29) is 0 Å². The Kier molecular flexibility index (Phi) is 5.54. The molecule has 0 saturated carbocycles. The van der Waals surface area contributed by atoms with Crippen molar-refractivity contribution in [2.45, 2.75) is 0 Å². The van der Waals surface area contributed by atoms with Crippen molar-refractivity contribution >= 4 is 49.7 Å². The molecule has 0 spiro atoms. The van der Waals surface area contributed by atoms with Gasteiger partial charge in [0.05, 0.1) is 38.8 Å². The van der Waals surface area contributed by atoms with E-state index >= 15 is 0 Å². The molecule has 3 aromatic heterocycles. The first-order valence-electron chi connectivity index (χ1n) is 16.0. The molecule has 220 valence electrons. The van der Waals surface area contributed by atoms with Crippen LogP contribution in [0.15, 0.2) is 170 Å². The van der Waals surface area contributed by atoms with Crippen LogP contribution in [0.25, 0.3) is 83.3 Å². The molecular weight excluding hydrogens is 573 g/mol. The summed E-state index contributed by atoms with van der Waals surface area (Å²) in [7, 11) is 0. The fourth-order valence-electron chi connectivity index (χ4n) is 7.32. The van der Waals surface area contributed by atoms with E-state index in [2.05, 4.69) is 183 Å². The molecule has 47 heavy (non-hydrogen) atoms. The van der Waals surface area contributed by atoms with Crippen molar-refractivity contribution < 1.29 is 0 Å². The molecule has 10 rings (SSSR count). The van der Waals surface area contributed by atoms with E-state index < -0.39 is 0 Å². The second-order valence-electron chi connectivity index (χ2n) is 12.1. The first-order valence-corrected chi connectivity index (χ1v) is 16.0. The summed E-state index contributed by atoms with van der Waals surface area (Å²) in [6, 6.07) is 60.8. The molecule has 4 nitrogen and oxygen atoms in total. The molecule has 0 N–H and O–H groups in total. The number of hydrogen-bond acceptors (Lipinski definition) is 1. The molecule has 7 aromatic carbocycles. The summed E-state index contributed by atoms with van der Waals surface area (Å²) in [5.41, 5.74) is 13.6. The van der Waals surface area contributed by atoms with Crippen LogP contribution in [0.2, 0.25) is 0 Å². The molecule has 0 aliphatic rings. The number of benzene rings is 7. The van der Waals surface area contributed by atoms with Crippen molar-refractivity contribution in [2.75, 3.05) is 0 Å². The fourth-order valence-corrected chi connectivity index (χ4v) is 7.32. The number of rotatable bonds is 4. The van der Waals surface area contributed by atoms with E-state index in [1.54, 1.807) is 0 Å². The van der Waals surface area contributed by atoms with E-state index in [9.17, 15) is 0 Å². The average molecular weight is 601 g/mol. The summed E-state index contributed by atoms with van der Waals surface area (Å²) in [5.74, 6) is 0.893. The normalized spacial score (nSPS) is 11.8. The Hall–Kier alpha value is -6.39. The van der Waals surface area contributed by atoms with Crippen molar-refractivity contribution in [2.24, 2.45) is 0 Å². The van der Waals surface area contributed by atoms with Crippen LogP contribution in [0.4, 0.5) is 0 Å². The highest BCUT2D eigenvalue weighted by molar-refractivity contribution is 6.09. The van der Waals surface area contributed by atoms with Crippen LogP contribution in [-0.2, 0) is 0 Å². The number of para-hydroxylation sites is 4. The zero-order chi connectivity index (χ0) is 30.9. The molecule has 0 saturated heterocycles. The largest absolute Gasteiger partial charge is 0.309 e. The summed E-state index contributed by atoms with van der Waals surface area (Å²) in [6.07, 6.45) is 0. The Bertz CT molecular complexity index is 2670. The van der Waals surface area contributed by atoms with Gasteiger partial charge in [0.1, 0.15) is 0 Å². The number of aromatic nitrogens is 4. The Morgan fingerprint density at radius 3 is 1.53 bits per heavy atom. The smallest absolute Gasteiger partial charge is 0.220 e. The van der Waals surface area contributed by atoms with Crippen molar-refractivity contribution in [1.29, 1.82) is 0 Å². The molecule has 4 heteroatoms. The van der Waals surface area contributed by atoms with Crippen LogP contribution in [0.5, 0.6) is 0 Å². The molecule has 0 radical (unpaired) electrons. The topological polar surface area (TPSA) is 27.2 Å². The van der Waals surface area contributed by atoms with Gasteiger partial charge in [-0.15, -0.1) is 0 Å². The molecule has 0 aliphatic carbocycles. The predicted molar refractivity (Wildman–Crippen MR) is 195 cm³/mol. The minimum atomic E-state index is 0.893. The van der Waals surface area contributed by atoms with Gasteiger partial charge in [-0.05, 0) is 82.9 Å². The van der Waals surface area contributed by atoms with Crippen LogP contribution < -0.4 is 0 Å². The van der Waals surface area contributed by atoms with Crippen molar-refractivity contribution in [1.82, 2.24) is 18.5 Å². The number of imidazole rings is 2. The van der Waals surface area contributed by atoms with Gasteiger partial charge in [-0.25, -0.2) is 4.98 Å². The van der Waals surface area contributed by atoms with Crippen LogP contribution in [-0.4, -0.2) is 18.5 Å². The van der Waals surface area contributed by atoms with E-state index in [1.807, 2.05) is 0 Å². The minimum Gasteiger partial charge on any atom is -0.309 e. The third-order valence-electron chi connectivity index (χ3n) is 9.41. The highest BCUT2D eigenvalue weighted by atomic mass is 15.2. The monoisotopic (exact) mass is 600 g/mol. The molecule has 3 heterocycles. The molecule has 0 bridgehead atoms. The predicted octanol–water partition coefficient (Wildman–Crippen LogP) is 10.9. The van der Waals surface area contributed by atoms with Gasteiger partial charge in [-0.3, -0.25) is 8.97 Å². The van der Waals surface area contributed by atoms with Crippen LogP contribution >= 0.6 is 0 Å². The van der Waals surface area contributed by atoms with Gasteiger partial charge in [-0.1, -0.05) is 109 Å². The summed E-state index contributed by atoms with van der Waals surface area (Å²) in [4.78, 5) is 5.24. The van der Waals surface area contributed by atoms with Crippen LogP contribution in [0.1, 0.15) is 0 Å². The fraction of sp³-hybridized carbons (Fsp3) is 0. The molecule has 0 atom stereocenters. The van der Waals surface area contributed by atoms with Gasteiger partial charge in [0.2, 0.25) is 5.78 Å². The lowest BCUT2D eigenvalue weighted by atomic mass is 9.98. The lowest BCUT2D eigenvalue weighted by molar-refractivity contribution is 1.11. The Morgan fingerprint density at radius 1 is 0.340 bits per heavy atom. The molecule has 0 aliphatic heterocycles. The second kappa shape index (κ2) is 10.1. The lowest BCUT2D eigenvalue weighted by Crippen LogP contribution is -1.98. The maximum absolute atomic E-state index is 5.24. The lowest BCUT2D eigenvalue weighted by Gasteiger charge is -2.13. The van der Waals surface area contributed by atoms with Gasteiger partial charge in [0.25, 0.3) is 0 Å². The Labute approximate surface area is 271 Å². The van der Waals surface area contributed by atoms with Gasteiger partial charge in [0.15, 0.2) is 0 Å². The summed E-state index contributed by atoms with van der Waals surface area (Å²) in [5, 5.41) is 2.51. The maximum Gasteiger partial charge on any atom is 0.220 e. The first-order chi connectivity index (χ1) is 23.3. The van der Waals surface area contributed by atoms with E-state index in [4.69, 9.17) is 4.98 Å². The van der Waals surface area contributed by atoms with Gasteiger partial charge >= 0.3 is 0 Å². The molecule has 0 unspecified atom stereocenters. The Balaban J connectivity index is 1.30. The third kappa shape index (κ3) is 3.92. The van der Waals surface area contributed by atoms with Gasteiger partial charge < -0.3 is 4.57 Å². The van der Waals surface area contributed by atoms with Gasteiger partial charge in [0, 0.05) is 16.5 Å². The average Bonchev–Trinajstić information content (AvgIpc) is 3.79. The van der Waals surface area contributed by atoms with Crippen LogP contribution in [0, 0.1) is 0 Å². The standard InChI is InChI=1S/C43H28N4/c1-3-13-29(14-4-1)31-25-32(30-15-5-2-6-16-30)27-34(26-31)46-41-24-23-33(28-42(41)47-40-22-12-9-19-37(40)44-43(46)47)45-38-20-10-7-17-35(38)36-18-8-11-21-39(36)45/h1-28H. The van der Waals surface area contributed by atoms with E-state index in [0.29, 0.717) is 0 Å². The Morgan fingerprint density at radius 2 is 0.894 bits per heavy atom. The van der Waals surface area contributed by atoms with Crippen molar-refractivity contribution in [3.05, 3.63) is 170 Å². The SMILES string of the molecule is c1ccc(-c2cc(-c3ccccc3)cc(-n3c4ccc(-n5c6ccccc6c6ccccc65)cc4n4c5ccccc5nc34)c2)cc1. The van der Waals surface area contributed by atoms with Gasteiger partial charge in [-0.2, -0.15) is 0 Å². The minimum absolute atomic E-state index is 0.893. The quantitative estimate of drug-likeness (QED) is 0.197.